The Morgan fingerprint density at radius 1 is 1.14 bits per heavy atom. The number of tetrazole rings is 1. The van der Waals surface area contributed by atoms with Crippen molar-refractivity contribution in [2.45, 2.75) is 63.4 Å². The normalized spacial score (nSPS) is 34.0. The molecule has 0 aliphatic carbocycles. The molecule has 3 heterocycles. The van der Waals surface area contributed by atoms with Crippen LogP contribution in [-0.2, 0) is 16.0 Å². The molecule has 1 aromatic carbocycles. The molecule has 158 valence electrons. The summed E-state index contributed by atoms with van der Waals surface area (Å²) in [7, 11) is 0. The second kappa shape index (κ2) is 8.45. The third-order valence-corrected chi connectivity index (χ3v) is 6.00. The summed E-state index contributed by atoms with van der Waals surface area (Å²) in [6, 6.07) is 9.51. The third-order valence-electron chi connectivity index (χ3n) is 6.00. The fraction of sp³-hybridized carbons (Fsp3) is 0.650. The van der Waals surface area contributed by atoms with Gasteiger partial charge in [0.1, 0.15) is 12.2 Å². The molecule has 8 atom stereocenters. The van der Waals surface area contributed by atoms with Gasteiger partial charge in [0.2, 0.25) is 5.82 Å². The molecule has 29 heavy (non-hydrogen) atoms. The molecule has 2 saturated heterocycles. The topological polar surface area (TPSA) is 126 Å². The summed E-state index contributed by atoms with van der Waals surface area (Å²) < 4.78 is 11.5. The molecule has 2 fully saturated rings. The fourth-order valence-electron chi connectivity index (χ4n) is 3.88. The number of ether oxygens (including phenoxy) is 2. The first-order chi connectivity index (χ1) is 13.9. The zero-order chi connectivity index (χ0) is 20.5. The van der Waals surface area contributed by atoms with E-state index in [1.54, 1.807) is 6.92 Å². The van der Waals surface area contributed by atoms with Gasteiger partial charge in [0, 0.05) is 17.4 Å². The van der Waals surface area contributed by atoms with Crippen molar-refractivity contribution < 1.29 is 24.8 Å². The van der Waals surface area contributed by atoms with Gasteiger partial charge in [0.15, 0.2) is 0 Å². The maximum Gasteiger partial charge on any atom is 0.204 e. The number of hydrogen-bond acceptors (Lipinski definition) is 8. The van der Waals surface area contributed by atoms with Crippen molar-refractivity contribution in [2.75, 3.05) is 6.61 Å². The molecule has 4 rings (SSSR count). The molecule has 9 heteroatoms. The van der Waals surface area contributed by atoms with E-state index in [-0.39, 0.29) is 30.6 Å². The van der Waals surface area contributed by atoms with Gasteiger partial charge in [0.25, 0.3) is 0 Å². The van der Waals surface area contributed by atoms with Crippen LogP contribution < -0.4 is 0 Å². The molecule has 9 nitrogen and oxygen atoms in total. The highest BCUT2D eigenvalue weighted by Crippen LogP contribution is 2.38. The number of rotatable bonds is 7. The largest absolute Gasteiger partial charge is 0.393 e. The van der Waals surface area contributed by atoms with E-state index in [9.17, 15) is 15.3 Å². The summed E-state index contributed by atoms with van der Waals surface area (Å²) in [6.07, 6.45) is -2.46. The second-order valence-electron chi connectivity index (χ2n) is 8.12. The Morgan fingerprint density at radius 3 is 2.62 bits per heavy atom. The number of nitrogens with zero attached hydrogens (tertiary/aromatic N) is 4. The Labute approximate surface area is 169 Å². The van der Waals surface area contributed by atoms with E-state index in [2.05, 4.69) is 15.4 Å². The van der Waals surface area contributed by atoms with Crippen LogP contribution >= 0.6 is 0 Å². The minimum atomic E-state index is -1.05. The Hall–Kier alpha value is -1.91. The Kier molecular flexibility index (Phi) is 5.93. The number of aromatic nitrogens is 4. The van der Waals surface area contributed by atoms with E-state index in [0.717, 1.165) is 5.56 Å². The van der Waals surface area contributed by atoms with Gasteiger partial charge in [-0.05, 0) is 18.6 Å². The highest BCUT2D eigenvalue weighted by molar-refractivity contribution is 5.52. The standard InChI is InChI=1S/C20H28N4O5/c1-11(12(2)25)19-15(29-19)8-14-10-28-16(18(27)17(14)26)9-24-22-20(21-23-24)13-6-4-3-5-7-13/h3-7,11-12,14-19,25-27H,8-10H2,1-2H3/t11-,12-,14-,15-,16-,17+,18-,19-/m0/s1. The molecule has 0 unspecified atom stereocenters. The van der Waals surface area contributed by atoms with Gasteiger partial charge in [-0.3, -0.25) is 0 Å². The molecular weight excluding hydrogens is 376 g/mol. The lowest BCUT2D eigenvalue weighted by atomic mass is 9.87. The van der Waals surface area contributed by atoms with E-state index < -0.39 is 24.4 Å². The number of benzene rings is 1. The molecule has 2 aliphatic heterocycles. The lowest BCUT2D eigenvalue weighted by Crippen LogP contribution is -2.52. The van der Waals surface area contributed by atoms with Crippen LogP contribution in [0.3, 0.4) is 0 Å². The van der Waals surface area contributed by atoms with Crippen LogP contribution in [-0.4, -0.2) is 78.8 Å². The zero-order valence-electron chi connectivity index (χ0n) is 16.6. The van der Waals surface area contributed by atoms with Gasteiger partial charge in [-0.1, -0.05) is 37.3 Å². The minimum Gasteiger partial charge on any atom is -0.393 e. The van der Waals surface area contributed by atoms with E-state index in [1.165, 1.54) is 4.80 Å². The summed E-state index contributed by atoms with van der Waals surface area (Å²) in [5.74, 6) is 0.316. The highest BCUT2D eigenvalue weighted by atomic mass is 16.6. The van der Waals surface area contributed by atoms with E-state index in [4.69, 9.17) is 9.47 Å². The van der Waals surface area contributed by atoms with Crippen LogP contribution in [0.2, 0.25) is 0 Å². The van der Waals surface area contributed by atoms with Crippen LogP contribution in [0.4, 0.5) is 0 Å². The molecule has 2 aliphatic rings. The minimum absolute atomic E-state index is 0.00665. The van der Waals surface area contributed by atoms with Crippen LogP contribution in [0.25, 0.3) is 11.4 Å². The average molecular weight is 404 g/mol. The maximum atomic E-state index is 10.6. The maximum absolute atomic E-state index is 10.6. The van der Waals surface area contributed by atoms with Crippen LogP contribution in [0.15, 0.2) is 30.3 Å². The van der Waals surface area contributed by atoms with Crippen molar-refractivity contribution in [1.29, 1.82) is 0 Å². The predicted molar refractivity (Wildman–Crippen MR) is 103 cm³/mol. The smallest absolute Gasteiger partial charge is 0.204 e. The molecule has 0 saturated carbocycles. The van der Waals surface area contributed by atoms with Gasteiger partial charge < -0.3 is 24.8 Å². The Bertz CT molecular complexity index is 801. The van der Waals surface area contributed by atoms with Crippen LogP contribution in [0.1, 0.15) is 20.3 Å². The number of aliphatic hydroxyl groups excluding tert-OH is 3. The number of hydrogen-bond donors (Lipinski definition) is 3. The number of epoxide rings is 1. The Balaban J connectivity index is 1.31. The Morgan fingerprint density at radius 2 is 1.90 bits per heavy atom. The van der Waals surface area contributed by atoms with E-state index in [0.29, 0.717) is 18.9 Å². The highest BCUT2D eigenvalue weighted by Gasteiger charge is 2.48. The van der Waals surface area contributed by atoms with Gasteiger partial charge >= 0.3 is 0 Å². The van der Waals surface area contributed by atoms with Crippen LogP contribution in [0.5, 0.6) is 0 Å². The van der Waals surface area contributed by atoms with Gasteiger partial charge in [0.05, 0.1) is 37.6 Å². The summed E-state index contributed by atoms with van der Waals surface area (Å²) in [6.45, 7) is 4.21. The second-order valence-corrected chi connectivity index (χ2v) is 8.12. The lowest BCUT2D eigenvalue weighted by molar-refractivity contribution is -0.171. The van der Waals surface area contributed by atoms with E-state index >= 15 is 0 Å². The molecule has 0 radical (unpaired) electrons. The lowest BCUT2D eigenvalue weighted by Gasteiger charge is -2.37. The quantitative estimate of drug-likeness (QED) is 0.561. The van der Waals surface area contributed by atoms with Crippen molar-refractivity contribution in [3.8, 4) is 11.4 Å². The first kappa shape index (κ1) is 20.4. The molecule has 0 bridgehead atoms. The summed E-state index contributed by atoms with van der Waals surface area (Å²) in [4.78, 5) is 1.38. The molecule has 0 spiro atoms. The SMILES string of the molecule is C[C@H]([C@@H]1O[C@H]1C[C@H]1CO[C@@H](Cn2nnc(-c3ccccc3)n2)[C@H](O)[C@@H]1O)[C@H](C)O. The summed E-state index contributed by atoms with van der Waals surface area (Å²) in [5.41, 5.74) is 0.856. The molecular formula is C20H28N4O5. The zero-order valence-corrected chi connectivity index (χ0v) is 16.6. The third kappa shape index (κ3) is 4.49. The van der Waals surface area contributed by atoms with Crippen molar-refractivity contribution in [2.24, 2.45) is 11.8 Å². The van der Waals surface area contributed by atoms with Crippen molar-refractivity contribution >= 4 is 0 Å². The average Bonchev–Trinajstić information content (AvgIpc) is 3.33. The predicted octanol–water partition coefficient (Wildman–Crippen LogP) is 0.251. The van der Waals surface area contributed by atoms with Gasteiger partial charge in [-0.15, -0.1) is 10.2 Å². The van der Waals surface area contributed by atoms with Gasteiger partial charge in [-0.25, -0.2) is 0 Å². The number of aliphatic hydroxyl groups is 3. The summed E-state index contributed by atoms with van der Waals surface area (Å²) in [5, 5.41) is 43.2. The van der Waals surface area contributed by atoms with Crippen molar-refractivity contribution in [1.82, 2.24) is 20.2 Å². The van der Waals surface area contributed by atoms with Crippen molar-refractivity contribution in [3.63, 3.8) is 0 Å². The molecule has 2 aromatic rings. The van der Waals surface area contributed by atoms with E-state index in [1.807, 2.05) is 37.3 Å². The van der Waals surface area contributed by atoms with Gasteiger partial charge in [-0.2, -0.15) is 4.80 Å². The molecule has 0 amide bonds. The molecule has 3 N–H and O–H groups in total. The first-order valence-corrected chi connectivity index (χ1v) is 10.1. The summed E-state index contributed by atoms with van der Waals surface area (Å²) >= 11 is 0. The van der Waals surface area contributed by atoms with Crippen LogP contribution in [0, 0.1) is 11.8 Å². The fourth-order valence-corrected chi connectivity index (χ4v) is 3.88. The van der Waals surface area contributed by atoms with Crippen molar-refractivity contribution in [3.05, 3.63) is 30.3 Å². The first-order valence-electron chi connectivity index (χ1n) is 10.1. The monoisotopic (exact) mass is 404 g/mol. The molecule has 1 aromatic heterocycles.